The van der Waals surface area contributed by atoms with E-state index in [4.69, 9.17) is 19.2 Å². The summed E-state index contributed by atoms with van der Waals surface area (Å²) < 4.78 is 48.3. The van der Waals surface area contributed by atoms with Crippen LogP contribution in [-0.4, -0.2) is 99.8 Å². The summed E-state index contributed by atoms with van der Waals surface area (Å²) in [6.45, 7) is 2.12. The van der Waals surface area contributed by atoms with Crippen molar-refractivity contribution in [3.8, 4) is 33.5 Å². The van der Waals surface area contributed by atoms with Gasteiger partial charge in [-0.05, 0) is 97.0 Å². The van der Waals surface area contributed by atoms with Gasteiger partial charge >= 0.3 is 12.2 Å². The fourth-order valence-electron chi connectivity index (χ4n) is 10.7. The summed E-state index contributed by atoms with van der Waals surface area (Å²) in [5.74, 6) is -2.56. The van der Waals surface area contributed by atoms with Crippen molar-refractivity contribution in [1.82, 2.24) is 40.4 Å². The zero-order chi connectivity index (χ0) is 46.7. The molecule has 4 aromatic carbocycles. The molecule has 1 saturated carbocycles. The van der Waals surface area contributed by atoms with Gasteiger partial charge in [-0.15, -0.1) is 0 Å². The van der Waals surface area contributed by atoms with Crippen LogP contribution < -0.4 is 10.6 Å². The number of aromatic nitrogens is 4. The molecule has 2 aliphatic carbocycles. The molecule has 2 aromatic heterocycles. The number of methoxy groups -OCH3 is 3. The summed E-state index contributed by atoms with van der Waals surface area (Å²) in [6, 6.07) is 22.1. The Bertz CT molecular complexity index is 2900. The molecule has 4 amide bonds. The number of hydrogen-bond donors (Lipinski definition) is 4. The highest BCUT2D eigenvalue weighted by Gasteiger charge is 2.52. The van der Waals surface area contributed by atoms with Gasteiger partial charge in [0, 0.05) is 36.4 Å². The summed E-state index contributed by atoms with van der Waals surface area (Å²) in [4.78, 5) is 72.6. The maximum atomic E-state index is 16.7. The zero-order valence-electron chi connectivity index (χ0n) is 37.3. The van der Waals surface area contributed by atoms with E-state index in [0.29, 0.717) is 75.6 Å². The van der Waals surface area contributed by atoms with Crippen LogP contribution in [0.2, 0.25) is 0 Å². The molecule has 2 aliphatic heterocycles. The third-order valence-electron chi connectivity index (χ3n) is 14.1. The number of alkyl halides is 2. The summed E-state index contributed by atoms with van der Waals surface area (Å²) in [5, 5.41) is 5.33. The third kappa shape index (κ3) is 7.64. The Labute approximate surface area is 384 Å². The first-order valence-corrected chi connectivity index (χ1v) is 22.5. The van der Waals surface area contributed by atoms with Crippen molar-refractivity contribution in [2.75, 3.05) is 27.9 Å². The predicted molar refractivity (Wildman–Crippen MR) is 242 cm³/mol. The molecule has 0 radical (unpaired) electrons. The predicted octanol–water partition coefficient (Wildman–Crippen LogP) is 8.31. The number of H-pyrrole nitrogens is 2. The number of aromatic amines is 2. The molecule has 2 saturated heterocycles. The molecule has 3 fully saturated rings. The van der Waals surface area contributed by atoms with Crippen molar-refractivity contribution >= 4 is 35.0 Å². The van der Waals surface area contributed by atoms with Gasteiger partial charge in [0.25, 0.3) is 11.8 Å². The van der Waals surface area contributed by atoms with E-state index in [1.165, 1.54) is 27.4 Å². The first-order chi connectivity index (χ1) is 32.4. The molecule has 6 aromatic rings. The van der Waals surface area contributed by atoms with E-state index in [2.05, 4.69) is 25.6 Å². The summed E-state index contributed by atoms with van der Waals surface area (Å²) in [6.07, 6.45) is 3.44. The van der Waals surface area contributed by atoms with Crippen molar-refractivity contribution in [2.45, 2.75) is 81.3 Å². The second-order valence-electron chi connectivity index (χ2n) is 17.8. The lowest BCUT2D eigenvalue weighted by molar-refractivity contribution is -0.138. The molecule has 2 bridgehead atoms. The van der Waals surface area contributed by atoms with Gasteiger partial charge in [-0.1, -0.05) is 60.7 Å². The second kappa shape index (κ2) is 17.3. The Morgan fingerprint density at radius 2 is 1.48 bits per heavy atom. The lowest BCUT2D eigenvalue weighted by Gasteiger charge is -2.36. The molecule has 67 heavy (non-hydrogen) atoms. The van der Waals surface area contributed by atoms with Crippen LogP contribution in [-0.2, 0) is 29.7 Å². The first-order valence-electron chi connectivity index (χ1n) is 22.5. The Hall–Kier alpha value is -7.14. The number of amides is 4. The number of nitrogens with one attached hydrogen (secondary N) is 4. The Morgan fingerprint density at radius 1 is 0.791 bits per heavy atom. The molecule has 4 aliphatic rings. The number of rotatable bonds is 11. The number of alkyl carbamates (subject to hydrolysis) is 2. The van der Waals surface area contributed by atoms with Gasteiger partial charge in [-0.25, -0.2) is 19.6 Å². The molecule has 4 N–H and O–H groups in total. The van der Waals surface area contributed by atoms with Crippen LogP contribution in [0.4, 0.5) is 18.4 Å². The smallest absolute Gasteiger partial charge is 0.407 e. The molecule has 7 atom stereocenters. The highest BCUT2D eigenvalue weighted by molar-refractivity contribution is 5.90. The normalized spacial score (nSPS) is 21.4. The van der Waals surface area contributed by atoms with E-state index in [1.54, 1.807) is 54.4 Å². The molecule has 4 heterocycles. The molecule has 346 valence electrons. The number of likely N-dealkylation sites (tertiary alicyclic amines) is 2. The van der Waals surface area contributed by atoms with Gasteiger partial charge in [0.15, 0.2) is 0 Å². The number of fused-ring (bicyclic) bond motifs is 6. The molecule has 17 heteroatoms. The van der Waals surface area contributed by atoms with Crippen LogP contribution in [0.1, 0.15) is 85.5 Å². The number of benzene rings is 4. The van der Waals surface area contributed by atoms with Gasteiger partial charge in [0.2, 0.25) is 5.91 Å². The van der Waals surface area contributed by atoms with Gasteiger partial charge < -0.3 is 44.6 Å². The quantitative estimate of drug-likeness (QED) is 0.0993. The van der Waals surface area contributed by atoms with Gasteiger partial charge in [-0.2, -0.15) is 8.78 Å². The number of hydrogen-bond acceptors (Lipinski definition) is 9. The Kier molecular flexibility index (Phi) is 11.3. The van der Waals surface area contributed by atoms with Gasteiger partial charge in [-0.3, -0.25) is 9.59 Å². The van der Waals surface area contributed by atoms with Crippen molar-refractivity contribution in [2.24, 2.45) is 5.92 Å². The molecular weight excluding hydrogens is 863 g/mol. The number of carbonyl (C=O) groups is 4. The van der Waals surface area contributed by atoms with E-state index >= 15 is 8.78 Å². The minimum Gasteiger partial charge on any atom is -0.453 e. The van der Waals surface area contributed by atoms with Crippen molar-refractivity contribution in [3.05, 3.63) is 119 Å². The highest BCUT2D eigenvalue weighted by Crippen LogP contribution is 2.53. The van der Waals surface area contributed by atoms with E-state index in [-0.39, 0.29) is 40.9 Å². The number of halogens is 2. The van der Waals surface area contributed by atoms with E-state index in [0.717, 1.165) is 24.8 Å². The first kappa shape index (κ1) is 43.7. The molecule has 0 spiro atoms. The van der Waals surface area contributed by atoms with Crippen LogP contribution in [0.5, 0.6) is 0 Å². The van der Waals surface area contributed by atoms with Crippen LogP contribution in [0.25, 0.3) is 44.5 Å². The second-order valence-corrected chi connectivity index (χ2v) is 17.8. The number of nitrogens with zero attached hydrogens (tertiary/aromatic N) is 4. The van der Waals surface area contributed by atoms with E-state index in [9.17, 15) is 19.2 Å². The molecular formula is C50H50F2N8O7. The SMILES string of the molecule is COC(=O)NC(C(=O)N1CCC[C@H]1c1ncc(-c2ccc3c(c2)C(F)(F)c2cc(-c4ccc5nc([C@@H]6C7CC[C@H](C7)N6C(=O)[C@H](NC(=O)OC)c6ccccc6)[nH]c5c4)ccc2-3)[nH]1)[C@@H](C)OC. The van der Waals surface area contributed by atoms with E-state index in [1.807, 2.05) is 47.4 Å². The lowest BCUT2D eigenvalue weighted by atomic mass is 9.96. The number of ether oxygens (including phenoxy) is 3. The van der Waals surface area contributed by atoms with Crippen LogP contribution >= 0.6 is 0 Å². The third-order valence-corrected chi connectivity index (χ3v) is 14.1. The average Bonchev–Trinajstić information content (AvgIpc) is 4.23. The summed E-state index contributed by atoms with van der Waals surface area (Å²) in [7, 11) is 3.94. The average molecular weight is 913 g/mol. The number of imidazole rings is 2. The minimum atomic E-state index is -3.31. The van der Waals surface area contributed by atoms with Crippen LogP contribution in [0.3, 0.4) is 0 Å². The maximum Gasteiger partial charge on any atom is 0.407 e. The minimum absolute atomic E-state index is 0.00906. The monoisotopic (exact) mass is 912 g/mol. The lowest BCUT2D eigenvalue weighted by Crippen LogP contribution is -2.54. The van der Waals surface area contributed by atoms with Gasteiger partial charge in [0.05, 0.1) is 55.3 Å². The van der Waals surface area contributed by atoms with Crippen LogP contribution in [0.15, 0.2) is 91.1 Å². The topological polar surface area (TPSA) is 184 Å². The maximum absolute atomic E-state index is 16.7. The molecule has 15 nitrogen and oxygen atoms in total. The largest absolute Gasteiger partial charge is 0.453 e. The zero-order valence-corrected chi connectivity index (χ0v) is 37.3. The molecule has 2 unspecified atom stereocenters. The van der Waals surface area contributed by atoms with Crippen molar-refractivity contribution in [1.29, 1.82) is 0 Å². The summed E-state index contributed by atoms with van der Waals surface area (Å²) in [5.41, 5.74) is 5.08. The molecule has 10 rings (SSSR count). The fraction of sp³-hybridized carbons (Fsp3) is 0.360. The number of carbonyl (C=O) groups excluding carboxylic acids is 4. The standard InChI is InChI=1S/C50H50F2N8O7/c1-26(65-2)41(57-48(63)66-3)46(61)59-20-8-11-40(59)44-53-25-39(56-44)30-14-18-34-33-17-13-28(22-35(33)50(51,52)36(34)23-30)29-15-19-37-38(24-29)55-45(54-37)43-31-12-16-32(21-31)60(43)47(62)42(58-49(64)67-4)27-9-6-5-7-10-27/h5-7,9-10,13-15,17-19,22-26,31-32,40-43H,8,11-12,16,20-21H2,1-4H3,(H,53,56)(H,54,55)(H,57,63)(H,58,64)/t26-,31?,32-,40+,41?,42-,43+/m1/s1. The Morgan fingerprint density at radius 3 is 2.21 bits per heavy atom. The number of piperidine rings is 1. The summed E-state index contributed by atoms with van der Waals surface area (Å²) >= 11 is 0. The van der Waals surface area contributed by atoms with Crippen molar-refractivity contribution in [3.63, 3.8) is 0 Å². The highest BCUT2D eigenvalue weighted by atomic mass is 19.3. The Balaban J connectivity index is 0.890. The van der Waals surface area contributed by atoms with Crippen molar-refractivity contribution < 1.29 is 42.2 Å². The van der Waals surface area contributed by atoms with Gasteiger partial charge in [0.1, 0.15) is 23.7 Å². The van der Waals surface area contributed by atoms with Crippen LogP contribution in [0, 0.1) is 5.92 Å². The fourth-order valence-corrected chi connectivity index (χ4v) is 10.7. The van der Waals surface area contributed by atoms with E-state index < -0.39 is 42.3 Å².